The Balaban J connectivity index is 1.99. The molecule has 0 aliphatic carbocycles. The minimum atomic E-state index is -0.690. The van der Waals surface area contributed by atoms with Crippen LogP contribution in [0, 0.1) is 12.8 Å². The first-order valence-corrected chi connectivity index (χ1v) is 7.67. The van der Waals surface area contributed by atoms with Gasteiger partial charge in [-0.2, -0.15) is 4.98 Å². The van der Waals surface area contributed by atoms with E-state index < -0.39 is 5.97 Å². The molecule has 2 heterocycles. The number of nitrogens with one attached hydrogen (secondary N) is 1. The van der Waals surface area contributed by atoms with E-state index in [0.29, 0.717) is 18.8 Å². The summed E-state index contributed by atoms with van der Waals surface area (Å²) in [6.45, 7) is 5.11. The van der Waals surface area contributed by atoms with Crippen LogP contribution in [0.5, 0.6) is 0 Å². The summed E-state index contributed by atoms with van der Waals surface area (Å²) >= 11 is 0. The van der Waals surface area contributed by atoms with Gasteiger partial charge in [-0.05, 0) is 33.9 Å². The lowest BCUT2D eigenvalue weighted by atomic mass is 9.97. The van der Waals surface area contributed by atoms with Crippen molar-refractivity contribution in [2.24, 2.45) is 5.92 Å². The molecule has 2 rings (SSSR count). The fourth-order valence-corrected chi connectivity index (χ4v) is 2.54. The Morgan fingerprint density at radius 1 is 1.41 bits per heavy atom. The van der Waals surface area contributed by atoms with Crippen molar-refractivity contribution in [3.63, 3.8) is 0 Å². The first-order chi connectivity index (χ1) is 10.5. The second-order valence-electron chi connectivity index (χ2n) is 6.02. The van der Waals surface area contributed by atoms with Gasteiger partial charge in [0, 0.05) is 37.9 Å². The SMILES string of the molecule is Cc1cc(N2CCC(C(=O)O)CC2)nc(NCCN(C)C)n1. The van der Waals surface area contributed by atoms with Crippen molar-refractivity contribution < 1.29 is 9.90 Å². The maximum absolute atomic E-state index is 11.0. The fraction of sp³-hybridized carbons (Fsp3) is 0.667. The number of aryl methyl sites for hydroxylation is 1. The molecule has 7 nitrogen and oxygen atoms in total. The van der Waals surface area contributed by atoms with Crippen LogP contribution in [-0.4, -0.2) is 66.2 Å². The van der Waals surface area contributed by atoms with Crippen LogP contribution < -0.4 is 10.2 Å². The number of likely N-dealkylation sites (N-methyl/N-ethyl adjacent to an activating group) is 1. The number of hydrogen-bond donors (Lipinski definition) is 2. The maximum atomic E-state index is 11.0. The highest BCUT2D eigenvalue weighted by Gasteiger charge is 2.25. The van der Waals surface area contributed by atoms with E-state index in [1.807, 2.05) is 27.1 Å². The molecule has 0 saturated carbocycles. The molecule has 2 N–H and O–H groups in total. The summed E-state index contributed by atoms with van der Waals surface area (Å²) in [5, 5.41) is 12.3. The van der Waals surface area contributed by atoms with Gasteiger partial charge in [-0.3, -0.25) is 4.79 Å². The zero-order chi connectivity index (χ0) is 16.1. The van der Waals surface area contributed by atoms with Crippen LogP contribution in [0.2, 0.25) is 0 Å². The average molecular weight is 307 g/mol. The minimum absolute atomic E-state index is 0.225. The van der Waals surface area contributed by atoms with E-state index in [4.69, 9.17) is 5.11 Å². The van der Waals surface area contributed by atoms with E-state index in [1.165, 1.54) is 0 Å². The molecule has 0 aromatic carbocycles. The van der Waals surface area contributed by atoms with E-state index in [1.54, 1.807) is 0 Å². The number of anilines is 2. The lowest BCUT2D eigenvalue weighted by molar-refractivity contribution is -0.142. The Morgan fingerprint density at radius 3 is 2.68 bits per heavy atom. The highest BCUT2D eigenvalue weighted by atomic mass is 16.4. The Hall–Kier alpha value is -1.89. The number of hydrogen-bond acceptors (Lipinski definition) is 6. The van der Waals surface area contributed by atoms with Crippen molar-refractivity contribution in [2.45, 2.75) is 19.8 Å². The van der Waals surface area contributed by atoms with Crippen molar-refractivity contribution >= 4 is 17.7 Å². The van der Waals surface area contributed by atoms with Gasteiger partial charge in [0.1, 0.15) is 5.82 Å². The van der Waals surface area contributed by atoms with Crippen LogP contribution in [0.4, 0.5) is 11.8 Å². The Bertz CT molecular complexity index is 513. The number of carbonyl (C=O) groups is 1. The van der Waals surface area contributed by atoms with Gasteiger partial charge < -0.3 is 20.2 Å². The molecule has 0 unspecified atom stereocenters. The van der Waals surface area contributed by atoms with E-state index in [0.717, 1.165) is 37.7 Å². The summed E-state index contributed by atoms with van der Waals surface area (Å²) < 4.78 is 0. The third kappa shape index (κ3) is 4.56. The Labute approximate surface area is 131 Å². The highest BCUT2D eigenvalue weighted by Crippen LogP contribution is 2.23. The maximum Gasteiger partial charge on any atom is 0.306 e. The van der Waals surface area contributed by atoms with E-state index in [2.05, 4.69) is 25.1 Å². The zero-order valence-electron chi connectivity index (χ0n) is 13.5. The summed E-state index contributed by atoms with van der Waals surface area (Å²) in [7, 11) is 4.05. The summed E-state index contributed by atoms with van der Waals surface area (Å²) in [6, 6.07) is 1.96. The summed E-state index contributed by atoms with van der Waals surface area (Å²) in [5.74, 6) is 0.599. The molecule has 0 bridgehead atoms. The van der Waals surface area contributed by atoms with Crippen LogP contribution in [0.25, 0.3) is 0 Å². The molecule has 1 aromatic heterocycles. The zero-order valence-corrected chi connectivity index (χ0v) is 13.5. The molecule has 1 aliphatic heterocycles. The van der Waals surface area contributed by atoms with Crippen LogP contribution in [0.1, 0.15) is 18.5 Å². The van der Waals surface area contributed by atoms with Crippen molar-refractivity contribution in [3.05, 3.63) is 11.8 Å². The molecule has 1 aliphatic rings. The van der Waals surface area contributed by atoms with Crippen LogP contribution in [0.3, 0.4) is 0 Å². The first kappa shape index (κ1) is 16.5. The molecular formula is C15H25N5O2. The third-order valence-corrected chi connectivity index (χ3v) is 3.85. The number of carboxylic acid groups (broad SMARTS) is 1. The number of piperidine rings is 1. The van der Waals surface area contributed by atoms with Crippen molar-refractivity contribution in [1.29, 1.82) is 0 Å². The van der Waals surface area contributed by atoms with E-state index in [9.17, 15) is 4.79 Å². The van der Waals surface area contributed by atoms with Crippen molar-refractivity contribution in [1.82, 2.24) is 14.9 Å². The monoisotopic (exact) mass is 307 g/mol. The van der Waals surface area contributed by atoms with Gasteiger partial charge in [0.25, 0.3) is 0 Å². The number of aromatic nitrogens is 2. The molecule has 1 aromatic rings. The normalized spacial score (nSPS) is 16.1. The molecule has 22 heavy (non-hydrogen) atoms. The Morgan fingerprint density at radius 2 is 2.09 bits per heavy atom. The summed E-state index contributed by atoms with van der Waals surface area (Å²) in [4.78, 5) is 24.2. The first-order valence-electron chi connectivity index (χ1n) is 7.67. The van der Waals surface area contributed by atoms with Gasteiger partial charge in [0.05, 0.1) is 5.92 Å². The van der Waals surface area contributed by atoms with Gasteiger partial charge in [0.15, 0.2) is 0 Å². The second kappa shape index (κ2) is 7.40. The van der Waals surface area contributed by atoms with Gasteiger partial charge in [-0.25, -0.2) is 4.98 Å². The predicted octanol–water partition coefficient (Wildman–Crippen LogP) is 1.06. The average Bonchev–Trinajstić information content (AvgIpc) is 2.46. The largest absolute Gasteiger partial charge is 0.481 e. The molecule has 1 saturated heterocycles. The molecule has 0 amide bonds. The van der Waals surface area contributed by atoms with Gasteiger partial charge in [-0.1, -0.05) is 0 Å². The Kier molecular flexibility index (Phi) is 5.54. The second-order valence-corrected chi connectivity index (χ2v) is 6.02. The van der Waals surface area contributed by atoms with Crippen LogP contribution >= 0.6 is 0 Å². The van der Waals surface area contributed by atoms with Crippen LogP contribution in [0.15, 0.2) is 6.07 Å². The fourth-order valence-electron chi connectivity index (χ4n) is 2.54. The molecule has 7 heteroatoms. The number of carboxylic acids is 1. The topological polar surface area (TPSA) is 81.6 Å². The quantitative estimate of drug-likeness (QED) is 0.813. The predicted molar refractivity (Wildman–Crippen MR) is 86.4 cm³/mol. The van der Waals surface area contributed by atoms with E-state index >= 15 is 0 Å². The highest BCUT2D eigenvalue weighted by molar-refractivity contribution is 5.70. The summed E-state index contributed by atoms with van der Waals surface area (Å²) in [5.41, 5.74) is 0.915. The lowest BCUT2D eigenvalue weighted by Crippen LogP contribution is -2.37. The minimum Gasteiger partial charge on any atom is -0.481 e. The molecule has 0 spiro atoms. The number of rotatable bonds is 6. The van der Waals surface area contributed by atoms with E-state index in [-0.39, 0.29) is 5.92 Å². The third-order valence-electron chi connectivity index (χ3n) is 3.85. The van der Waals surface area contributed by atoms with Gasteiger partial charge >= 0.3 is 5.97 Å². The molecule has 0 radical (unpaired) electrons. The summed E-state index contributed by atoms with van der Waals surface area (Å²) in [6.07, 6.45) is 1.34. The number of aliphatic carboxylic acids is 1. The van der Waals surface area contributed by atoms with Gasteiger partial charge in [-0.15, -0.1) is 0 Å². The number of nitrogens with zero attached hydrogens (tertiary/aromatic N) is 4. The molecule has 122 valence electrons. The van der Waals surface area contributed by atoms with Crippen molar-refractivity contribution in [3.8, 4) is 0 Å². The smallest absolute Gasteiger partial charge is 0.306 e. The van der Waals surface area contributed by atoms with Crippen LogP contribution in [-0.2, 0) is 4.79 Å². The molecular weight excluding hydrogens is 282 g/mol. The standard InChI is InChI=1S/C15H25N5O2/c1-11-10-13(18-15(17-11)16-6-9-19(2)3)20-7-4-12(5-8-20)14(21)22/h10,12H,4-9H2,1-3H3,(H,21,22)(H,16,17,18). The molecule has 1 fully saturated rings. The van der Waals surface area contributed by atoms with Gasteiger partial charge in [0.2, 0.25) is 5.95 Å². The lowest BCUT2D eigenvalue weighted by Gasteiger charge is -2.31. The molecule has 0 atom stereocenters. The van der Waals surface area contributed by atoms with Crippen molar-refractivity contribution in [2.75, 3.05) is 50.5 Å².